The highest BCUT2D eigenvalue weighted by atomic mass is 79.9. The third kappa shape index (κ3) is 3.86. The molecule has 0 aromatic heterocycles. The van der Waals surface area contributed by atoms with Crippen molar-refractivity contribution in [3.8, 4) is 0 Å². The first-order chi connectivity index (χ1) is 12.0. The topological polar surface area (TPSA) is 50.4 Å². The molecule has 0 saturated carbocycles. The van der Waals surface area contributed by atoms with Crippen LogP contribution in [0.15, 0.2) is 58.6 Å². The summed E-state index contributed by atoms with van der Waals surface area (Å²) in [4.78, 5) is 12.5. The van der Waals surface area contributed by atoms with E-state index < -0.39 is 12.0 Å². The fourth-order valence-corrected chi connectivity index (χ4v) is 3.25. The van der Waals surface area contributed by atoms with Gasteiger partial charge in [0.15, 0.2) is 5.11 Å². The number of methoxy groups -OCH3 is 1. The molecule has 2 aromatic rings. The summed E-state index contributed by atoms with van der Waals surface area (Å²) in [6.45, 7) is 0. The maximum absolute atomic E-state index is 12.5. The standard InChI is InChI=1S/C18H14BrClN2O2S/c1-24-17(23)14-15(10-2-6-12(19)7-3-10)21-18(25)22-16(14)11-4-8-13(20)9-5-11/h2-9,15H,1H3,(H2,21,22,25)/t15-/m1/s1. The molecule has 128 valence electrons. The molecule has 4 nitrogen and oxygen atoms in total. The summed E-state index contributed by atoms with van der Waals surface area (Å²) in [5, 5.41) is 7.28. The first-order valence-electron chi connectivity index (χ1n) is 7.41. The molecule has 0 bridgehead atoms. The van der Waals surface area contributed by atoms with E-state index in [1.165, 1.54) is 7.11 Å². The molecule has 0 spiro atoms. The minimum absolute atomic E-state index is 0.417. The van der Waals surface area contributed by atoms with Gasteiger partial charge in [-0.15, -0.1) is 0 Å². The Morgan fingerprint density at radius 2 is 1.80 bits per heavy atom. The molecule has 0 radical (unpaired) electrons. The number of esters is 1. The number of hydrogen-bond donors (Lipinski definition) is 2. The number of hydrogen-bond acceptors (Lipinski definition) is 3. The van der Waals surface area contributed by atoms with E-state index in [1.807, 2.05) is 36.4 Å². The molecule has 1 aliphatic heterocycles. The van der Waals surface area contributed by atoms with Gasteiger partial charge in [-0.2, -0.15) is 0 Å². The monoisotopic (exact) mass is 436 g/mol. The normalized spacial score (nSPS) is 16.9. The zero-order chi connectivity index (χ0) is 18.0. The summed E-state index contributed by atoms with van der Waals surface area (Å²) < 4.78 is 5.97. The fourth-order valence-electron chi connectivity index (χ4n) is 2.64. The van der Waals surface area contributed by atoms with Gasteiger partial charge in [-0.05, 0) is 47.6 Å². The van der Waals surface area contributed by atoms with E-state index in [9.17, 15) is 4.79 Å². The summed E-state index contributed by atoms with van der Waals surface area (Å²) in [5.41, 5.74) is 2.77. The van der Waals surface area contributed by atoms with E-state index in [0.717, 1.165) is 15.6 Å². The van der Waals surface area contributed by atoms with E-state index in [1.54, 1.807) is 12.1 Å². The van der Waals surface area contributed by atoms with Crippen molar-refractivity contribution in [3.05, 3.63) is 74.7 Å². The smallest absolute Gasteiger partial charge is 0.338 e. The molecule has 0 fully saturated rings. The van der Waals surface area contributed by atoms with Gasteiger partial charge < -0.3 is 15.4 Å². The van der Waals surface area contributed by atoms with Crippen LogP contribution in [-0.2, 0) is 9.53 Å². The molecule has 1 heterocycles. The summed E-state index contributed by atoms with van der Waals surface area (Å²) >= 11 is 14.7. The van der Waals surface area contributed by atoms with Crippen molar-refractivity contribution in [1.29, 1.82) is 0 Å². The summed E-state index contributed by atoms with van der Waals surface area (Å²) in [6.07, 6.45) is 0. The third-order valence-corrected chi connectivity index (χ3v) is 4.81. The molecule has 2 aromatic carbocycles. The number of benzene rings is 2. The maximum atomic E-state index is 12.5. The highest BCUT2D eigenvalue weighted by Gasteiger charge is 2.32. The number of thiocarbonyl (C=S) groups is 1. The van der Waals surface area contributed by atoms with Crippen LogP contribution in [0, 0.1) is 0 Å². The van der Waals surface area contributed by atoms with Gasteiger partial charge in [0.2, 0.25) is 0 Å². The number of carbonyl (C=O) groups is 1. The molecule has 1 atom stereocenters. The van der Waals surface area contributed by atoms with Gasteiger partial charge in [0, 0.05) is 9.50 Å². The lowest BCUT2D eigenvalue weighted by Crippen LogP contribution is -2.45. The maximum Gasteiger partial charge on any atom is 0.338 e. The molecule has 0 amide bonds. The molecule has 0 aliphatic carbocycles. The van der Waals surface area contributed by atoms with E-state index in [0.29, 0.717) is 21.4 Å². The Morgan fingerprint density at radius 3 is 2.40 bits per heavy atom. The van der Waals surface area contributed by atoms with Crippen molar-refractivity contribution >= 4 is 56.5 Å². The second-order valence-electron chi connectivity index (χ2n) is 5.37. The quantitative estimate of drug-likeness (QED) is 0.556. The van der Waals surface area contributed by atoms with Gasteiger partial charge in [0.1, 0.15) is 0 Å². The van der Waals surface area contributed by atoms with Crippen LogP contribution in [0.4, 0.5) is 0 Å². The van der Waals surface area contributed by atoms with Crippen molar-refractivity contribution in [2.45, 2.75) is 6.04 Å². The van der Waals surface area contributed by atoms with Gasteiger partial charge in [0.25, 0.3) is 0 Å². The Kier molecular flexibility index (Phi) is 5.42. The summed E-state index contributed by atoms with van der Waals surface area (Å²) in [5.74, 6) is -0.430. The van der Waals surface area contributed by atoms with Crippen molar-refractivity contribution in [1.82, 2.24) is 10.6 Å². The summed E-state index contributed by atoms with van der Waals surface area (Å²) in [7, 11) is 1.36. The molecule has 7 heteroatoms. The Morgan fingerprint density at radius 1 is 1.16 bits per heavy atom. The van der Waals surface area contributed by atoms with Crippen LogP contribution in [0.3, 0.4) is 0 Å². The Labute approximate surface area is 164 Å². The van der Waals surface area contributed by atoms with Crippen LogP contribution in [0.5, 0.6) is 0 Å². The molecule has 25 heavy (non-hydrogen) atoms. The van der Waals surface area contributed by atoms with Crippen molar-refractivity contribution in [2.24, 2.45) is 0 Å². The number of ether oxygens (including phenoxy) is 1. The van der Waals surface area contributed by atoms with Crippen molar-refractivity contribution in [2.75, 3.05) is 7.11 Å². The predicted molar refractivity (Wildman–Crippen MR) is 106 cm³/mol. The lowest BCUT2D eigenvalue weighted by atomic mass is 9.93. The van der Waals surface area contributed by atoms with Crippen molar-refractivity contribution < 1.29 is 9.53 Å². The van der Waals surface area contributed by atoms with Gasteiger partial charge in [-0.1, -0.05) is 51.8 Å². The van der Waals surface area contributed by atoms with Crippen LogP contribution in [0.2, 0.25) is 5.02 Å². The minimum Gasteiger partial charge on any atom is -0.466 e. The van der Waals surface area contributed by atoms with E-state index in [4.69, 9.17) is 28.6 Å². The average Bonchev–Trinajstić information content (AvgIpc) is 2.61. The van der Waals surface area contributed by atoms with Crippen LogP contribution >= 0.6 is 39.7 Å². The number of rotatable bonds is 3. The number of nitrogens with one attached hydrogen (secondary N) is 2. The average molecular weight is 438 g/mol. The third-order valence-electron chi connectivity index (χ3n) is 3.81. The second-order valence-corrected chi connectivity index (χ2v) is 7.13. The molecular weight excluding hydrogens is 424 g/mol. The molecular formula is C18H14BrClN2O2S. The van der Waals surface area contributed by atoms with Gasteiger partial charge in [-0.3, -0.25) is 0 Å². The molecule has 0 saturated heterocycles. The molecule has 1 aliphatic rings. The first kappa shape index (κ1) is 17.9. The van der Waals surface area contributed by atoms with Crippen LogP contribution in [0.1, 0.15) is 17.2 Å². The largest absolute Gasteiger partial charge is 0.466 e. The van der Waals surface area contributed by atoms with E-state index in [2.05, 4.69) is 26.6 Å². The van der Waals surface area contributed by atoms with Gasteiger partial charge in [0.05, 0.1) is 24.4 Å². The van der Waals surface area contributed by atoms with Crippen LogP contribution in [-0.4, -0.2) is 18.2 Å². The Hall–Kier alpha value is -1.89. The number of halogens is 2. The highest BCUT2D eigenvalue weighted by molar-refractivity contribution is 9.10. The number of carbonyl (C=O) groups excluding carboxylic acids is 1. The SMILES string of the molecule is COC(=O)C1=C(c2ccc(Cl)cc2)NC(=S)N[C@@H]1c1ccc(Br)cc1. The van der Waals surface area contributed by atoms with E-state index in [-0.39, 0.29) is 0 Å². The molecule has 2 N–H and O–H groups in total. The Balaban J connectivity index is 2.17. The van der Waals surface area contributed by atoms with E-state index >= 15 is 0 Å². The zero-order valence-electron chi connectivity index (χ0n) is 13.2. The predicted octanol–water partition coefficient (Wildman–Crippen LogP) is 4.21. The molecule has 0 unspecified atom stereocenters. The molecule has 3 rings (SSSR count). The van der Waals surface area contributed by atoms with Crippen molar-refractivity contribution in [3.63, 3.8) is 0 Å². The lowest BCUT2D eigenvalue weighted by Gasteiger charge is -2.31. The second kappa shape index (κ2) is 7.56. The lowest BCUT2D eigenvalue weighted by molar-refractivity contribution is -0.136. The van der Waals surface area contributed by atoms with Crippen LogP contribution < -0.4 is 10.6 Å². The minimum atomic E-state index is -0.430. The zero-order valence-corrected chi connectivity index (χ0v) is 16.3. The van der Waals surface area contributed by atoms with Crippen LogP contribution in [0.25, 0.3) is 5.70 Å². The first-order valence-corrected chi connectivity index (χ1v) is 8.99. The van der Waals surface area contributed by atoms with Gasteiger partial charge in [-0.25, -0.2) is 4.79 Å². The van der Waals surface area contributed by atoms with Gasteiger partial charge >= 0.3 is 5.97 Å². The Bertz CT molecular complexity index is 850. The highest BCUT2D eigenvalue weighted by Crippen LogP contribution is 2.32. The fraction of sp³-hybridized carbons (Fsp3) is 0.111. The summed E-state index contributed by atoms with van der Waals surface area (Å²) in [6, 6.07) is 14.5.